The van der Waals surface area contributed by atoms with Crippen molar-refractivity contribution in [2.75, 3.05) is 13.1 Å². The van der Waals surface area contributed by atoms with Gasteiger partial charge in [-0.05, 0) is 31.9 Å². The number of amides is 1. The second-order valence-electron chi connectivity index (χ2n) is 5.47. The van der Waals surface area contributed by atoms with E-state index >= 15 is 0 Å². The first kappa shape index (κ1) is 18.6. The van der Waals surface area contributed by atoms with E-state index in [2.05, 4.69) is 17.0 Å². The molecule has 0 saturated carbocycles. The van der Waals surface area contributed by atoms with E-state index in [9.17, 15) is 13.2 Å². The van der Waals surface area contributed by atoms with Crippen LogP contribution in [0.3, 0.4) is 0 Å². The van der Waals surface area contributed by atoms with E-state index in [1.807, 2.05) is 13.0 Å². The third-order valence-electron chi connectivity index (χ3n) is 3.37. The zero-order valence-corrected chi connectivity index (χ0v) is 14.4. The van der Waals surface area contributed by atoms with Gasteiger partial charge in [-0.15, -0.1) is 0 Å². The van der Waals surface area contributed by atoms with Crippen LogP contribution in [0.1, 0.15) is 43.7 Å². The van der Waals surface area contributed by atoms with E-state index in [1.165, 1.54) is 0 Å². The smallest absolute Gasteiger partial charge is 0.240 e. The SMILES string of the molecule is CCCCCNC(=O)CCNS(=O)(=O)c1ccc(C)cc1C. The van der Waals surface area contributed by atoms with Crippen LogP contribution in [0, 0.1) is 13.8 Å². The van der Waals surface area contributed by atoms with Crippen molar-refractivity contribution in [2.45, 2.75) is 51.3 Å². The third kappa shape index (κ3) is 6.15. The molecule has 124 valence electrons. The maximum absolute atomic E-state index is 12.2. The summed E-state index contributed by atoms with van der Waals surface area (Å²) in [6, 6.07) is 5.19. The lowest BCUT2D eigenvalue weighted by atomic mass is 10.2. The van der Waals surface area contributed by atoms with Crippen LogP contribution in [-0.2, 0) is 14.8 Å². The van der Waals surface area contributed by atoms with Crippen molar-refractivity contribution < 1.29 is 13.2 Å². The minimum Gasteiger partial charge on any atom is -0.356 e. The topological polar surface area (TPSA) is 75.3 Å². The summed E-state index contributed by atoms with van der Waals surface area (Å²) in [7, 11) is -3.56. The van der Waals surface area contributed by atoms with Gasteiger partial charge in [-0.25, -0.2) is 13.1 Å². The molecule has 1 aromatic carbocycles. The van der Waals surface area contributed by atoms with Crippen molar-refractivity contribution in [1.82, 2.24) is 10.0 Å². The zero-order valence-electron chi connectivity index (χ0n) is 13.6. The Labute approximate surface area is 133 Å². The van der Waals surface area contributed by atoms with Crippen molar-refractivity contribution in [2.24, 2.45) is 0 Å². The molecule has 0 spiro atoms. The number of sulfonamides is 1. The molecule has 0 aliphatic heterocycles. The summed E-state index contributed by atoms with van der Waals surface area (Å²) in [5.41, 5.74) is 1.72. The number of hydrogen-bond donors (Lipinski definition) is 2. The number of hydrogen-bond acceptors (Lipinski definition) is 3. The highest BCUT2D eigenvalue weighted by atomic mass is 32.2. The summed E-state index contributed by atoms with van der Waals surface area (Å²) >= 11 is 0. The van der Waals surface area contributed by atoms with Crippen LogP contribution in [0.25, 0.3) is 0 Å². The minimum absolute atomic E-state index is 0.106. The van der Waals surface area contributed by atoms with Crippen molar-refractivity contribution >= 4 is 15.9 Å². The molecule has 22 heavy (non-hydrogen) atoms. The van der Waals surface area contributed by atoms with Crippen molar-refractivity contribution in [3.8, 4) is 0 Å². The molecule has 1 aromatic rings. The summed E-state index contributed by atoms with van der Waals surface area (Å²) < 4.78 is 26.9. The van der Waals surface area contributed by atoms with Crippen molar-refractivity contribution in [3.63, 3.8) is 0 Å². The molecule has 1 amide bonds. The number of aryl methyl sites for hydroxylation is 2. The Morgan fingerprint density at radius 2 is 1.86 bits per heavy atom. The maximum atomic E-state index is 12.2. The van der Waals surface area contributed by atoms with Gasteiger partial charge in [-0.1, -0.05) is 37.5 Å². The Kier molecular flexibility index (Phi) is 7.55. The molecule has 0 fully saturated rings. The summed E-state index contributed by atoms with van der Waals surface area (Å²) in [5.74, 6) is -0.126. The van der Waals surface area contributed by atoms with Crippen molar-refractivity contribution in [1.29, 1.82) is 0 Å². The Balaban J connectivity index is 2.44. The monoisotopic (exact) mass is 326 g/mol. The molecule has 0 unspecified atom stereocenters. The molecule has 5 nitrogen and oxygen atoms in total. The normalized spacial score (nSPS) is 11.4. The molecule has 0 aromatic heterocycles. The lowest BCUT2D eigenvalue weighted by Crippen LogP contribution is -2.31. The molecule has 0 aliphatic rings. The second kappa shape index (κ2) is 8.90. The van der Waals surface area contributed by atoms with Gasteiger partial charge in [-0.3, -0.25) is 4.79 Å². The summed E-state index contributed by atoms with van der Waals surface area (Å²) in [6.07, 6.45) is 3.29. The average molecular weight is 326 g/mol. The molecule has 1 rings (SSSR count). The first-order chi connectivity index (χ1) is 10.4. The number of benzene rings is 1. The molecule has 2 N–H and O–H groups in total. The first-order valence-corrected chi connectivity index (χ1v) is 9.18. The van der Waals surface area contributed by atoms with Crippen LogP contribution in [-0.4, -0.2) is 27.4 Å². The number of rotatable bonds is 9. The Morgan fingerprint density at radius 1 is 1.14 bits per heavy atom. The van der Waals surface area contributed by atoms with Crippen LogP contribution in [0.5, 0.6) is 0 Å². The van der Waals surface area contributed by atoms with Crippen LogP contribution in [0.2, 0.25) is 0 Å². The highest BCUT2D eigenvalue weighted by molar-refractivity contribution is 7.89. The summed E-state index contributed by atoms with van der Waals surface area (Å²) in [5, 5.41) is 2.79. The van der Waals surface area contributed by atoms with Crippen molar-refractivity contribution in [3.05, 3.63) is 29.3 Å². The molecule has 0 heterocycles. The van der Waals surface area contributed by atoms with Crippen LogP contribution in [0.15, 0.2) is 23.1 Å². The first-order valence-electron chi connectivity index (χ1n) is 7.70. The summed E-state index contributed by atoms with van der Waals surface area (Å²) in [6.45, 7) is 6.54. The summed E-state index contributed by atoms with van der Waals surface area (Å²) in [4.78, 5) is 11.9. The van der Waals surface area contributed by atoms with Gasteiger partial charge in [0.1, 0.15) is 0 Å². The number of unbranched alkanes of at least 4 members (excludes halogenated alkanes) is 2. The van der Waals surface area contributed by atoms with Gasteiger partial charge < -0.3 is 5.32 Å². The third-order valence-corrected chi connectivity index (χ3v) is 4.99. The van der Waals surface area contributed by atoms with E-state index < -0.39 is 10.0 Å². The lowest BCUT2D eigenvalue weighted by molar-refractivity contribution is -0.120. The van der Waals surface area contributed by atoms with E-state index in [1.54, 1.807) is 19.1 Å². The molecular formula is C16H26N2O3S. The van der Waals surface area contributed by atoms with E-state index in [0.717, 1.165) is 24.8 Å². The number of nitrogens with one attached hydrogen (secondary N) is 2. The molecule has 0 radical (unpaired) electrons. The minimum atomic E-state index is -3.56. The van der Waals surface area contributed by atoms with Gasteiger partial charge in [-0.2, -0.15) is 0 Å². The zero-order chi connectivity index (χ0) is 16.6. The molecule has 0 aliphatic carbocycles. The van der Waals surface area contributed by atoms with Gasteiger partial charge in [0, 0.05) is 19.5 Å². The molecule has 0 bridgehead atoms. The van der Waals surface area contributed by atoms with Crippen LogP contribution < -0.4 is 10.0 Å². The van der Waals surface area contributed by atoms with E-state index in [4.69, 9.17) is 0 Å². The standard InChI is InChI=1S/C16H26N2O3S/c1-4-5-6-10-17-16(19)9-11-18-22(20,21)15-8-7-13(2)12-14(15)3/h7-8,12,18H,4-6,9-11H2,1-3H3,(H,17,19). The van der Waals surface area contributed by atoms with Crippen LogP contribution in [0.4, 0.5) is 0 Å². The van der Waals surface area contributed by atoms with Gasteiger partial charge in [0.25, 0.3) is 0 Å². The largest absolute Gasteiger partial charge is 0.356 e. The predicted molar refractivity (Wildman–Crippen MR) is 88.3 cm³/mol. The Bertz CT molecular complexity index is 597. The fraction of sp³-hybridized carbons (Fsp3) is 0.562. The Morgan fingerprint density at radius 3 is 2.50 bits per heavy atom. The fourth-order valence-corrected chi connectivity index (χ4v) is 3.43. The second-order valence-corrected chi connectivity index (χ2v) is 7.21. The Hall–Kier alpha value is -1.40. The maximum Gasteiger partial charge on any atom is 0.240 e. The van der Waals surface area contributed by atoms with Gasteiger partial charge in [0.2, 0.25) is 15.9 Å². The quantitative estimate of drug-likeness (QED) is 0.684. The van der Waals surface area contributed by atoms with E-state index in [0.29, 0.717) is 12.1 Å². The van der Waals surface area contributed by atoms with Gasteiger partial charge >= 0.3 is 0 Å². The van der Waals surface area contributed by atoms with Crippen LogP contribution >= 0.6 is 0 Å². The molecule has 0 saturated heterocycles. The lowest BCUT2D eigenvalue weighted by Gasteiger charge is -2.10. The van der Waals surface area contributed by atoms with Gasteiger partial charge in [0.15, 0.2) is 0 Å². The molecule has 6 heteroatoms. The highest BCUT2D eigenvalue weighted by Gasteiger charge is 2.16. The average Bonchev–Trinajstić information content (AvgIpc) is 2.43. The van der Waals surface area contributed by atoms with Gasteiger partial charge in [0.05, 0.1) is 4.90 Å². The number of carbonyl (C=O) groups excluding carboxylic acids is 1. The molecular weight excluding hydrogens is 300 g/mol. The molecule has 0 atom stereocenters. The van der Waals surface area contributed by atoms with E-state index in [-0.39, 0.29) is 23.8 Å². The predicted octanol–water partition coefficient (Wildman–Crippen LogP) is 2.28. The fourth-order valence-electron chi connectivity index (χ4n) is 2.17. The highest BCUT2D eigenvalue weighted by Crippen LogP contribution is 2.16. The number of carbonyl (C=O) groups is 1.